The summed E-state index contributed by atoms with van der Waals surface area (Å²) >= 11 is 0. The number of hydrogen-bond acceptors (Lipinski definition) is 5. The van der Waals surface area contributed by atoms with Crippen LogP contribution in [0.3, 0.4) is 0 Å². The number of nitrogens with one attached hydrogen (secondary N) is 2. The minimum atomic E-state index is 0.621. The summed E-state index contributed by atoms with van der Waals surface area (Å²) in [6.07, 6.45) is 4.35. The van der Waals surface area contributed by atoms with Crippen molar-refractivity contribution < 1.29 is 0 Å². The highest BCUT2D eigenvalue weighted by Gasteiger charge is 2.11. The van der Waals surface area contributed by atoms with E-state index >= 15 is 0 Å². The molecule has 1 aromatic heterocycles. The maximum absolute atomic E-state index is 4.56. The van der Waals surface area contributed by atoms with Gasteiger partial charge in [0.25, 0.3) is 0 Å². The molecule has 1 saturated heterocycles. The SMILES string of the molecule is Cc1cccc(CNc2nccc(Nc3ccc(N4CCCC4)cc3)n2)c1. The second kappa shape index (κ2) is 8.08. The number of anilines is 4. The summed E-state index contributed by atoms with van der Waals surface area (Å²) in [5.74, 6) is 1.40. The monoisotopic (exact) mass is 359 g/mol. The van der Waals surface area contributed by atoms with Gasteiger partial charge in [0.05, 0.1) is 0 Å². The smallest absolute Gasteiger partial charge is 0.224 e. The van der Waals surface area contributed by atoms with E-state index in [2.05, 4.69) is 81.0 Å². The fourth-order valence-electron chi connectivity index (χ4n) is 3.40. The Hall–Kier alpha value is -3.08. The average Bonchev–Trinajstić information content (AvgIpc) is 3.22. The Kier molecular flexibility index (Phi) is 5.19. The second-order valence-electron chi connectivity index (χ2n) is 6.97. The van der Waals surface area contributed by atoms with Crippen LogP contribution in [-0.2, 0) is 6.54 Å². The summed E-state index contributed by atoms with van der Waals surface area (Å²) in [5.41, 5.74) is 4.79. The second-order valence-corrected chi connectivity index (χ2v) is 6.97. The van der Waals surface area contributed by atoms with Crippen molar-refractivity contribution in [3.8, 4) is 0 Å². The molecule has 0 saturated carbocycles. The van der Waals surface area contributed by atoms with Gasteiger partial charge in [-0.05, 0) is 55.7 Å². The van der Waals surface area contributed by atoms with Crippen molar-refractivity contribution in [2.75, 3.05) is 28.6 Å². The third-order valence-electron chi connectivity index (χ3n) is 4.80. The molecule has 0 amide bonds. The van der Waals surface area contributed by atoms with Gasteiger partial charge in [0, 0.05) is 37.2 Å². The van der Waals surface area contributed by atoms with Gasteiger partial charge < -0.3 is 15.5 Å². The molecule has 0 atom stereocenters. The average molecular weight is 359 g/mol. The molecule has 4 rings (SSSR count). The quantitative estimate of drug-likeness (QED) is 0.666. The van der Waals surface area contributed by atoms with Crippen LogP contribution in [0.2, 0.25) is 0 Å². The summed E-state index contributed by atoms with van der Waals surface area (Å²) in [4.78, 5) is 11.3. The van der Waals surface area contributed by atoms with Gasteiger partial charge >= 0.3 is 0 Å². The molecular weight excluding hydrogens is 334 g/mol. The van der Waals surface area contributed by atoms with Gasteiger partial charge in [-0.15, -0.1) is 0 Å². The molecule has 0 unspecified atom stereocenters. The fourth-order valence-corrected chi connectivity index (χ4v) is 3.40. The van der Waals surface area contributed by atoms with Crippen LogP contribution >= 0.6 is 0 Å². The van der Waals surface area contributed by atoms with Crippen LogP contribution in [0.5, 0.6) is 0 Å². The predicted octanol–water partition coefficient (Wildman–Crippen LogP) is 4.74. The minimum absolute atomic E-state index is 0.621. The van der Waals surface area contributed by atoms with Gasteiger partial charge in [0.15, 0.2) is 0 Å². The number of rotatable bonds is 6. The van der Waals surface area contributed by atoms with Gasteiger partial charge in [0.1, 0.15) is 5.82 Å². The van der Waals surface area contributed by atoms with Gasteiger partial charge in [-0.25, -0.2) is 4.98 Å². The van der Waals surface area contributed by atoms with Crippen molar-refractivity contribution in [3.05, 3.63) is 71.9 Å². The van der Waals surface area contributed by atoms with E-state index < -0.39 is 0 Å². The zero-order valence-corrected chi connectivity index (χ0v) is 15.7. The lowest BCUT2D eigenvalue weighted by molar-refractivity contribution is 0.949. The third-order valence-corrected chi connectivity index (χ3v) is 4.80. The Balaban J connectivity index is 1.38. The van der Waals surface area contributed by atoms with Gasteiger partial charge in [0.2, 0.25) is 5.95 Å². The van der Waals surface area contributed by atoms with Crippen molar-refractivity contribution in [1.82, 2.24) is 9.97 Å². The van der Waals surface area contributed by atoms with Crippen molar-refractivity contribution in [1.29, 1.82) is 0 Å². The topological polar surface area (TPSA) is 53.1 Å². The molecule has 2 aromatic carbocycles. The zero-order valence-electron chi connectivity index (χ0n) is 15.7. The fraction of sp³-hybridized carbons (Fsp3) is 0.273. The highest BCUT2D eigenvalue weighted by Crippen LogP contribution is 2.23. The van der Waals surface area contributed by atoms with Crippen molar-refractivity contribution in [2.45, 2.75) is 26.3 Å². The summed E-state index contributed by atoms with van der Waals surface area (Å²) in [7, 11) is 0. The summed E-state index contributed by atoms with van der Waals surface area (Å²) in [6.45, 7) is 5.12. The molecule has 27 heavy (non-hydrogen) atoms. The number of aryl methyl sites for hydroxylation is 1. The predicted molar refractivity (Wildman–Crippen MR) is 112 cm³/mol. The van der Waals surface area contributed by atoms with E-state index in [0.29, 0.717) is 12.5 Å². The molecule has 0 radical (unpaired) electrons. The molecule has 138 valence electrons. The lowest BCUT2D eigenvalue weighted by Crippen LogP contribution is -2.17. The number of hydrogen-bond donors (Lipinski definition) is 2. The van der Waals surface area contributed by atoms with Crippen LogP contribution in [0.4, 0.5) is 23.1 Å². The summed E-state index contributed by atoms with van der Waals surface area (Å²) < 4.78 is 0. The maximum atomic E-state index is 4.56. The van der Waals surface area contributed by atoms with Crippen LogP contribution in [0.15, 0.2) is 60.8 Å². The highest BCUT2D eigenvalue weighted by molar-refractivity contribution is 5.61. The zero-order chi connectivity index (χ0) is 18.5. The highest BCUT2D eigenvalue weighted by atomic mass is 15.1. The molecule has 5 heteroatoms. The largest absolute Gasteiger partial charge is 0.372 e. The van der Waals surface area contributed by atoms with E-state index in [1.54, 1.807) is 6.20 Å². The molecule has 1 aliphatic heterocycles. The third kappa shape index (κ3) is 4.56. The summed E-state index contributed by atoms with van der Waals surface area (Å²) in [5, 5.41) is 6.65. The van der Waals surface area contributed by atoms with E-state index in [-0.39, 0.29) is 0 Å². The van der Waals surface area contributed by atoms with Crippen LogP contribution in [0.25, 0.3) is 0 Å². The molecule has 0 aliphatic carbocycles. The maximum Gasteiger partial charge on any atom is 0.224 e. The Bertz CT molecular complexity index is 885. The minimum Gasteiger partial charge on any atom is -0.372 e. The molecule has 2 N–H and O–H groups in total. The Labute approximate surface area is 160 Å². The van der Waals surface area contributed by atoms with E-state index in [1.165, 1.54) is 29.7 Å². The summed E-state index contributed by atoms with van der Waals surface area (Å²) in [6, 6.07) is 18.9. The van der Waals surface area contributed by atoms with Crippen molar-refractivity contribution in [2.24, 2.45) is 0 Å². The Morgan fingerprint density at radius 3 is 2.59 bits per heavy atom. The molecule has 0 spiro atoms. The van der Waals surface area contributed by atoms with Crippen molar-refractivity contribution in [3.63, 3.8) is 0 Å². The lowest BCUT2D eigenvalue weighted by atomic mass is 10.1. The lowest BCUT2D eigenvalue weighted by Gasteiger charge is -2.18. The van der Waals surface area contributed by atoms with Gasteiger partial charge in [-0.1, -0.05) is 29.8 Å². The van der Waals surface area contributed by atoms with Crippen LogP contribution in [0, 0.1) is 6.92 Å². The van der Waals surface area contributed by atoms with Gasteiger partial charge in [-0.2, -0.15) is 4.98 Å². The van der Waals surface area contributed by atoms with E-state index in [9.17, 15) is 0 Å². The van der Waals surface area contributed by atoms with Crippen LogP contribution in [-0.4, -0.2) is 23.1 Å². The van der Waals surface area contributed by atoms with E-state index in [0.717, 1.165) is 24.6 Å². The standard InChI is InChI=1S/C22H25N5/c1-17-5-4-6-18(15-17)16-24-22-23-12-11-21(26-22)25-19-7-9-20(10-8-19)27-13-2-3-14-27/h4-12,15H,2-3,13-14,16H2,1H3,(H2,23,24,25,26). The first-order valence-electron chi connectivity index (χ1n) is 9.51. The first-order chi connectivity index (χ1) is 13.3. The Morgan fingerprint density at radius 1 is 1.00 bits per heavy atom. The van der Waals surface area contributed by atoms with Crippen LogP contribution < -0.4 is 15.5 Å². The first-order valence-corrected chi connectivity index (χ1v) is 9.51. The molecule has 0 bridgehead atoms. The van der Waals surface area contributed by atoms with Crippen LogP contribution in [0.1, 0.15) is 24.0 Å². The van der Waals surface area contributed by atoms with Crippen molar-refractivity contribution >= 4 is 23.1 Å². The van der Waals surface area contributed by atoms with E-state index in [1.807, 2.05) is 6.07 Å². The Morgan fingerprint density at radius 2 is 1.81 bits per heavy atom. The molecule has 5 nitrogen and oxygen atoms in total. The molecule has 3 aromatic rings. The number of nitrogens with zero attached hydrogens (tertiary/aromatic N) is 3. The van der Waals surface area contributed by atoms with Gasteiger partial charge in [-0.3, -0.25) is 0 Å². The molecule has 1 aliphatic rings. The normalized spacial score (nSPS) is 13.6. The molecule has 2 heterocycles. The molecule has 1 fully saturated rings. The van der Waals surface area contributed by atoms with E-state index in [4.69, 9.17) is 0 Å². The number of aromatic nitrogens is 2. The first kappa shape index (κ1) is 17.3. The number of benzene rings is 2. The molecular formula is C22H25N5.